The van der Waals surface area contributed by atoms with Gasteiger partial charge in [-0.1, -0.05) is 85.2 Å². The number of ether oxygens (including phenoxy) is 2. The maximum atomic E-state index is 14.7. The van der Waals surface area contributed by atoms with Crippen molar-refractivity contribution in [3.63, 3.8) is 0 Å². The Labute approximate surface area is 424 Å². The van der Waals surface area contributed by atoms with Gasteiger partial charge in [0.2, 0.25) is 35.4 Å². The first-order valence-electron chi connectivity index (χ1n) is 25.3. The monoisotopic (exact) mass is 1010 g/mol. The lowest BCUT2D eigenvalue weighted by molar-refractivity contribution is -0.149. The highest BCUT2D eigenvalue weighted by atomic mass is 16.5. The molecule has 1 fully saturated rings. The van der Waals surface area contributed by atoms with E-state index in [0.29, 0.717) is 25.8 Å². The van der Waals surface area contributed by atoms with Crippen LogP contribution in [0.1, 0.15) is 100 Å². The van der Waals surface area contributed by atoms with Gasteiger partial charge < -0.3 is 50.3 Å². The Morgan fingerprint density at radius 3 is 1.97 bits per heavy atom. The summed E-state index contributed by atoms with van der Waals surface area (Å²) in [5, 5.41) is 27.6. The van der Waals surface area contributed by atoms with Crippen LogP contribution in [0.4, 0.5) is 0 Å². The van der Waals surface area contributed by atoms with Gasteiger partial charge in [-0.15, -0.1) is 0 Å². The molecule has 8 amide bonds. The van der Waals surface area contributed by atoms with Gasteiger partial charge in [-0.25, -0.2) is 9.59 Å². The zero-order valence-electron chi connectivity index (χ0n) is 44.3. The average Bonchev–Trinajstić information content (AvgIpc) is 3.97. The Balaban J connectivity index is 1.75. The molecule has 2 heterocycles. The molecule has 0 saturated carbocycles. The highest BCUT2D eigenvalue weighted by Crippen LogP contribution is 2.30. The van der Waals surface area contributed by atoms with Gasteiger partial charge >= 0.3 is 11.9 Å². The van der Waals surface area contributed by atoms with E-state index >= 15 is 0 Å². The van der Waals surface area contributed by atoms with Crippen LogP contribution in [0.15, 0.2) is 42.5 Å². The van der Waals surface area contributed by atoms with E-state index in [1.54, 1.807) is 70.8 Å². The summed E-state index contributed by atoms with van der Waals surface area (Å²) in [5.41, 5.74) is 0.736. The molecule has 3 rings (SSSR count). The molecule has 0 aromatic heterocycles. The number of amides is 8. The van der Waals surface area contributed by atoms with Crippen LogP contribution in [-0.2, 0) is 63.8 Å². The van der Waals surface area contributed by atoms with E-state index < -0.39 is 139 Å². The van der Waals surface area contributed by atoms with Crippen molar-refractivity contribution in [2.45, 2.75) is 148 Å². The largest absolute Gasteiger partial charge is 0.480 e. The highest BCUT2D eigenvalue weighted by molar-refractivity contribution is 6.13. The Bertz CT molecular complexity index is 2120. The van der Waals surface area contributed by atoms with Gasteiger partial charge in [0.05, 0.1) is 36.6 Å². The molecule has 2 aliphatic rings. The molecule has 5 N–H and O–H groups in total. The standard InChI is InChI=1S/C51H77N7O14/c1-12-31(6)45(37(71-10)28-42(63)57-25-16-19-36(57)46(72-11)32(7)47(64)53-35(51(69)70)27-33-17-14-13-15-18-33)56(9)49(66)43(29(2)3)54-48(65)44(30(4)5)55(8)39(60)21-20-34(50(67)68)52-38(59)24-26-58-40(61)22-23-41(58)62/h13-15,17-18,22-23,29-32,34-37,43-46H,12,16,19-21,24-28H2,1-11H3,(H,52,59)(H,53,64)(H,54,65)(H,67,68)(H,69,70)/t31-,32+,34-,35-,36-,37+,43-,44-,45-,46+/m0/s1/i8D. The molecule has 0 spiro atoms. The molecule has 21 heteroatoms. The maximum absolute atomic E-state index is 14.7. The molecule has 1 aromatic rings. The molecule has 0 unspecified atom stereocenters. The Morgan fingerprint density at radius 1 is 0.819 bits per heavy atom. The number of nitrogens with zero attached hydrogens (tertiary/aromatic N) is 4. The Kier molecular flexibility index (Phi) is 22.8. The van der Waals surface area contributed by atoms with Crippen molar-refractivity contribution >= 4 is 59.2 Å². The summed E-state index contributed by atoms with van der Waals surface area (Å²) >= 11 is 0. The smallest absolute Gasteiger partial charge is 0.326 e. The number of carboxylic acid groups (broad SMARTS) is 2. The van der Waals surface area contributed by atoms with Crippen LogP contribution in [-0.4, -0.2) is 179 Å². The zero-order chi connectivity index (χ0) is 54.9. The molecule has 0 radical (unpaired) electrons. The predicted octanol–water partition coefficient (Wildman–Crippen LogP) is 2.01. The normalized spacial score (nSPS) is 18.6. The Morgan fingerprint density at radius 2 is 1.44 bits per heavy atom. The molecule has 0 bridgehead atoms. The van der Waals surface area contributed by atoms with Crippen molar-refractivity contribution in [2.75, 3.05) is 41.4 Å². The molecule has 1 aromatic carbocycles. The maximum Gasteiger partial charge on any atom is 0.326 e. The number of likely N-dealkylation sites (N-methyl/N-ethyl adjacent to an activating group) is 2. The van der Waals surface area contributed by atoms with Crippen molar-refractivity contribution in [1.29, 1.82) is 0 Å². The van der Waals surface area contributed by atoms with Crippen LogP contribution in [0.5, 0.6) is 0 Å². The molecule has 21 nitrogen and oxygen atoms in total. The van der Waals surface area contributed by atoms with Crippen LogP contribution in [0.3, 0.4) is 0 Å². The summed E-state index contributed by atoms with van der Waals surface area (Å²) in [5.74, 6) is -9.63. The number of rotatable bonds is 29. The number of nitrogens with one attached hydrogen (secondary N) is 3. The van der Waals surface area contributed by atoms with Crippen molar-refractivity contribution in [3.05, 3.63) is 48.0 Å². The van der Waals surface area contributed by atoms with E-state index in [1.165, 1.54) is 19.1 Å². The average molecular weight is 1010 g/mol. The topological polar surface area (TPSA) is 279 Å². The van der Waals surface area contributed by atoms with Crippen LogP contribution in [0.25, 0.3) is 0 Å². The van der Waals surface area contributed by atoms with Gasteiger partial charge in [-0.2, -0.15) is 0 Å². The fourth-order valence-corrected chi connectivity index (χ4v) is 9.39. The van der Waals surface area contributed by atoms with Crippen molar-refractivity contribution in [2.24, 2.45) is 23.7 Å². The summed E-state index contributed by atoms with van der Waals surface area (Å²) in [4.78, 5) is 136. The third-order valence-corrected chi connectivity index (χ3v) is 13.7. The minimum Gasteiger partial charge on any atom is -0.480 e. The number of methoxy groups -OCH3 is 2. The van der Waals surface area contributed by atoms with Crippen LogP contribution in [0, 0.1) is 23.7 Å². The van der Waals surface area contributed by atoms with Gasteiger partial charge in [0.1, 0.15) is 24.2 Å². The molecular weight excluding hydrogens is 935 g/mol. The Hall–Kier alpha value is -6.22. The van der Waals surface area contributed by atoms with E-state index in [9.17, 15) is 58.2 Å². The summed E-state index contributed by atoms with van der Waals surface area (Å²) in [7, 11) is 3.76. The van der Waals surface area contributed by atoms with Crippen LogP contribution in [0.2, 0.25) is 0 Å². The van der Waals surface area contributed by atoms with E-state index in [2.05, 4.69) is 16.0 Å². The third kappa shape index (κ3) is 16.1. The lowest BCUT2D eigenvalue weighted by atomic mass is 9.89. The van der Waals surface area contributed by atoms with Crippen molar-refractivity contribution < 1.29 is 69.0 Å². The molecule has 0 aliphatic carbocycles. The van der Waals surface area contributed by atoms with E-state index in [0.717, 1.165) is 27.5 Å². The first kappa shape index (κ1) is 58.4. The number of hydrogen-bond acceptors (Lipinski definition) is 12. The highest BCUT2D eigenvalue weighted by Gasteiger charge is 2.44. The van der Waals surface area contributed by atoms with Gasteiger partial charge in [0.25, 0.3) is 11.8 Å². The van der Waals surface area contributed by atoms with Crippen LogP contribution >= 0.6 is 0 Å². The zero-order valence-corrected chi connectivity index (χ0v) is 43.3. The van der Waals surface area contributed by atoms with Crippen molar-refractivity contribution in [1.82, 2.24) is 35.6 Å². The van der Waals surface area contributed by atoms with E-state index in [-0.39, 0.29) is 37.6 Å². The second-order valence-electron chi connectivity index (χ2n) is 19.4. The molecule has 72 heavy (non-hydrogen) atoms. The number of carbonyl (C=O) groups excluding carboxylic acids is 8. The van der Waals surface area contributed by atoms with Gasteiger partial charge in [-0.05, 0) is 42.6 Å². The van der Waals surface area contributed by atoms with Crippen LogP contribution < -0.4 is 16.0 Å². The fraction of sp³-hybridized carbons (Fsp3) is 0.647. The van der Waals surface area contributed by atoms with Gasteiger partial charge in [0.15, 0.2) is 0 Å². The van der Waals surface area contributed by atoms with Gasteiger partial charge in [0, 0.05) is 74.2 Å². The molecular formula is C51H77N7O14. The summed E-state index contributed by atoms with van der Waals surface area (Å²) in [6.45, 7) is 12.3. The number of imide groups is 1. The predicted molar refractivity (Wildman–Crippen MR) is 263 cm³/mol. The first-order valence-corrected chi connectivity index (χ1v) is 24.6. The lowest BCUT2D eigenvalue weighted by Gasteiger charge is -2.41. The second kappa shape index (κ2) is 28.1. The minimum absolute atomic E-state index is 0.0720. The minimum atomic E-state index is -1.55. The SMILES string of the molecule is [2H]CN(C(=O)CC[C@H](NC(=O)CCN1C(=O)C=CC1=O)C(=O)O)[C@H](C(=O)N[C@H](C(=O)N(C)[C@@H]([C@@H](C)CC)[C@@H](CC(=O)N1CCC[C@H]1[C@H](OC)[C@@H](C)C(=O)N[C@@H](Cc1ccccc1)C(=O)O)OC)C(C)C)C(C)C. The quantitative estimate of drug-likeness (QED) is 0.0719. The summed E-state index contributed by atoms with van der Waals surface area (Å²) in [6.07, 6.45) is 0.825. The molecule has 2 aliphatic heterocycles. The lowest BCUT2D eigenvalue weighted by Crippen LogP contribution is -2.60. The summed E-state index contributed by atoms with van der Waals surface area (Å²) < 4.78 is 20.1. The number of hydrogen-bond donors (Lipinski definition) is 5. The number of carboxylic acids is 2. The number of benzene rings is 1. The van der Waals surface area contributed by atoms with E-state index in [4.69, 9.17) is 10.8 Å². The van der Waals surface area contributed by atoms with Crippen molar-refractivity contribution in [3.8, 4) is 0 Å². The molecule has 400 valence electrons. The molecule has 1 saturated heterocycles. The number of aliphatic carboxylic acids is 2. The third-order valence-electron chi connectivity index (χ3n) is 13.7. The molecule has 10 atom stereocenters. The second-order valence-corrected chi connectivity index (χ2v) is 19.4. The summed E-state index contributed by atoms with van der Waals surface area (Å²) in [6, 6.07) is 2.54. The van der Waals surface area contributed by atoms with Gasteiger partial charge in [-0.3, -0.25) is 43.3 Å². The number of likely N-dealkylation sites (tertiary alicyclic amines) is 1. The van der Waals surface area contributed by atoms with E-state index in [1.807, 2.05) is 19.9 Å². The first-order chi connectivity index (χ1) is 34.4. The fourth-order valence-electron chi connectivity index (χ4n) is 9.39. The number of carbonyl (C=O) groups is 10.